The highest BCUT2D eigenvalue weighted by Crippen LogP contribution is 2.78. The van der Waals surface area contributed by atoms with Crippen molar-refractivity contribution >= 4 is 27.0 Å². The molecule has 5 fully saturated rings. The monoisotopic (exact) mass is 547 g/mol. The minimum absolute atomic E-state index is 0.0517. The lowest BCUT2D eigenvalue weighted by molar-refractivity contribution is -0.337. The molecule has 0 amide bonds. The van der Waals surface area contributed by atoms with E-state index < -0.39 is 17.0 Å². The van der Waals surface area contributed by atoms with E-state index in [1.807, 2.05) is 23.9 Å². The second kappa shape index (κ2) is 7.25. The molecular weight excluding hydrogens is 523 g/mol. The zero-order chi connectivity index (χ0) is 24.2. The van der Waals surface area contributed by atoms with Gasteiger partial charge in [0.25, 0.3) is 0 Å². The van der Waals surface area contributed by atoms with Crippen molar-refractivity contribution in [1.82, 2.24) is 24.7 Å². The fourth-order valence-corrected chi connectivity index (χ4v) is 6.70. The quantitative estimate of drug-likeness (QED) is 0.386. The van der Waals surface area contributed by atoms with Crippen molar-refractivity contribution in [3.8, 4) is 0 Å². The zero-order valence-corrected chi connectivity index (χ0v) is 20.9. The van der Waals surface area contributed by atoms with Crippen LogP contribution in [0.15, 0.2) is 22.9 Å². The maximum Gasteiger partial charge on any atom is 0.394 e. The molecule has 184 valence electrons. The van der Waals surface area contributed by atoms with Crippen LogP contribution in [-0.2, 0) is 10.2 Å². The van der Waals surface area contributed by atoms with Crippen LogP contribution in [0.4, 0.5) is 13.2 Å². The summed E-state index contributed by atoms with van der Waals surface area (Å²) in [5.74, 6) is 0.728. The molecule has 1 aliphatic heterocycles. The molecule has 0 aromatic carbocycles. The van der Waals surface area contributed by atoms with E-state index in [1.54, 1.807) is 0 Å². The van der Waals surface area contributed by atoms with Crippen LogP contribution >= 0.6 is 15.9 Å². The Labute approximate surface area is 208 Å². The molecular formula is C25H25BrF3N5O. The third-order valence-corrected chi connectivity index (χ3v) is 9.33. The van der Waals surface area contributed by atoms with E-state index >= 15 is 0 Å². The number of aromatic nitrogens is 5. The molecule has 2 bridgehead atoms. The summed E-state index contributed by atoms with van der Waals surface area (Å²) < 4.78 is 49.7. The van der Waals surface area contributed by atoms with Gasteiger partial charge in [0.2, 0.25) is 0 Å². The minimum atomic E-state index is -4.16. The molecule has 2 atom stereocenters. The lowest BCUT2D eigenvalue weighted by Crippen LogP contribution is -2.70. The van der Waals surface area contributed by atoms with Gasteiger partial charge in [-0.1, -0.05) is 0 Å². The number of halogens is 4. The van der Waals surface area contributed by atoms with Crippen LogP contribution in [0.1, 0.15) is 85.8 Å². The largest absolute Gasteiger partial charge is 0.394 e. The number of nitrogens with zero attached hydrogens (tertiary/aromatic N) is 5. The predicted molar refractivity (Wildman–Crippen MR) is 125 cm³/mol. The van der Waals surface area contributed by atoms with Gasteiger partial charge in [-0.05, 0) is 73.9 Å². The summed E-state index contributed by atoms with van der Waals surface area (Å²) in [6.07, 6.45) is 3.87. The number of pyridine rings is 1. The molecule has 8 rings (SSSR count). The van der Waals surface area contributed by atoms with Crippen molar-refractivity contribution in [1.29, 1.82) is 0 Å². The van der Waals surface area contributed by atoms with Gasteiger partial charge >= 0.3 is 6.18 Å². The first kappa shape index (κ1) is 22.2. The third-order valence-electron chi connectivity index (χ3n) is 8.53. The predicted octanol–water partition coefficient (Wildman–Crippen LogP) is 6.25. The Kier molecular flexibility index (Phi) is 4.59. The highest BCUT2D eigenvalue weighted by Gasteiger charge is 2.79. The summed E-state index contributed by atoms with van der Waals surface area (Å²) in [6.45, 7) is 2.47. The van der Waals surface area contributed by atoms with Crippen LogP contribution < -0.4 is 0 Å². The summed E-state index contributed by atoms with van der Waals surface area (Å²) in [5.41, 5.74) is 1.10. The van der Waals surface area contributed by atoms with Crippen molar-refractivity contribution in [3.05, 3.63) is 45.7 Å². The Morgan fingerprint density at radius 2 is 1.89 bits per heavy atom. The Balaban J connectivity index is 1.24. The van der Waals surface area contributed by atoms with Gasteiger partial charge in [-0.3, -0.25) is 4.68 Å². The molecule has 10 heteroatoms. The topological polar surface area (TPSA) is 65.7 Å². The SMILES string of the molecule is Cc1nc2nc([C@H]3CCO[C@@H](c4cnn(C5CC5)c4)C3)nc(C34CC(C(F)(F)F)(C3)C4)c2cc1Br. The maximum absolute atomic E-state index is 13.6. The third kappa shape index (κ3) is 3.31. The van der Waals surface area contributed by atoms with Gasteiger partial charge in [0.05, 0.1) is 35.1 Å². The standard InChI is InChI=1S/C25H25BrF3N5O/c1-13-18(26)7-17-20(23-10-24(11-23,12-23)25(27,28)29)32-21(33-22(17)31-13)14-4-5-35-19(6-14)15-8-30-34(9-15)16-2-3-16/h7-9,14,16,19H,2-6,10-12H2,1H3/t14-,19+,23?,24?/m0/s1. The first-order valence-corrected chi connectivity index (χ1v) is 13.0. The molecule has 0 N–H and O–H groups in total. The van der Waals surface area contributed by atoms with Crippen molar-refractivity contribution in [3.63, 3.8) is 0 Å². The fraction of sp³-hybridized carbons (Fsp3) is 0.600. The van der Waals surface area contributed by atoms with Crippen LogP contribution in [0.25, 0.3) is 11.0 Å². The van der Waals surface area contributed by atoms with E-state index in [-0.39, 0.29) is 31.3 Å². The average Bonchev–Trinajstić information content (AvgIpc) is 3.48. The van der Waals surface area contributed by atoms with Crippen molar-refractivity contribution < 1.29 is 17.9 Å². The second-order valence-corrected chi connectivity index (χ2v) is 11.9. The van der Waals surface area contributed by atoms with Gasteiger partial charge in [0.15, 0.2) is 5.65 Å². The number of ether oxygens (including phenoxy) is 1. The Bertz CT molecular complexity index is 1330. The molecule has 0 spiro atoms. The van der Waals surface area contributed by atoms with Crippen LogP contribution in [0.3, 0.4) is 0 Å². The van der Waals surface area contributed by atoms with Gasteiger partial charge in [0, 0.05) is 39.6 Å². The van der Waals surface area contributed by atoms with Crippen LogP contribution in [0.5, 0.6) is 0 Å². The number of hydrogen-bond donors (Lipinski definition) is 0. The molecule has 6 nitrogen and oxygen atoms in total. The van der Waals surface area contributed by atoms with Crippen molar-refractivity contribution in [2.45, 2.75) is 81.5 Å². The maximum atomic E-state index is 13.6. The van der Waals surface area contributed by atoms with Crippen LogP contribution in [-0.4, -0.2) is 37.5 Å². The molecule has 1 saturated heterocycles. The van der Waals surface area contributed by atoms with E-state index in [1.165, 1.54) is 12.8 Å². The summed E-state index contributed by atoms with van der Waals surface area (Å²) in [4.78, 5) is 14.5. The number of aryl methyl sites for hydroxylation is 1. The first-order chi connectivity index (χ1) is 16.7. The van der Waals surface area contributed by atoms with Gasteiger partial charge in [-0.15, -0.1) is 0 Å². The van der Waals surface area contributed by atoms with Crippen molar-refractivity contribution in [2.24, 2.45) is 5.41 Å². The molecule has 4 aliphatic carbocycles. The van der Waals surface area contributed by atoms with E-state index in [0.29, 0.717) is 24.1 Å². The van der Waals surface area contributed by atoms with Crippen LogP contribution in [0, 0.1) is 12.3 Å². The molecule has 3 aromatic heterocycles. The van der Waals surface area contributed by atoms with Gasteiger partial charge in [-0.25, -0.2) is 15.0 Å². The number of hydrogen-bond acceptors (Lipinski definition) is 5. The van der Waals surface area contributed by atoms with E-state index in [4.69, 9.17) is 14.7 Å². The van der Waals surface area contributed by atoms with Gasteiger partial charge < -0.3 is 4.74 Å². The zero-order valence-electron chi connectivity index (χ0n) is 19.3. The van der Waals surface area contributed by atoms with Gasteiger partial charge in [-0.2, -0.15) is 18.3 Å². The number of fused-ring (bicyclic) bond motifs is 1. The molecule has 4 heterocycles. The van der Waals surface area contributed by atoms with Crippen LogP contribution in [0.2, 0.25) is 0 Å². The smallest absolute Gasteiger partial charge is 0.373 e. The molecule has 4 saturated carbocycles. The van der Waals surface area contributed by atoms with Crippen molar-refractivity contribution in [2.75, 3.05) is 6.61 Å². The first-order valence-electron chi connectivity index (χ1n) is 12.2. The second-order valence-electron chi connectivity index (χ2n) is 11.0. The van der Waals surface area contributed by atoms with Gasteiger partial charge in [0.1, 0.15) is 5.82 Å². The number of rotatable bonds is 4. The average molecular weight is 548 g/mol. The molecule has 0 radical (unpaired) electrons. The summed E-state index contributed by atoms with van der Waals surface area (Å²) in [7, 11) is 0. The lowest BCUT2D eigenvalue weighted by Gasteiger charge is -2.70. The number of alkyl halides is 3. The minimum Gasteiger partial charge on any atom is -0.373 e. The lowest BCUT2D eigenvalue weighted by atomic mass is 9.33. The molecule has 0 unspecified atom stereocenters. The Morgan fingerprint density at radius 1 is 1.11 bits per heavy atom. The van der Waals surface area contributed by atoms with E-state index in [9.17, 15) is 13.2 Å². The summed E-state index contributed by atoms with van der Waals surface area (Å²) in [5, 5.41) is 5.27. The molecule has 3 aromatic rings. The Hall–Kier alpha value is -2.07. The fourth-order valence-electron chi connectivity index (χ4n) is 6.38. The summed E-state index contributed by atoms with van der Waals surface area (Å²) in [6, 6.07) is 2.44. The highest BCUT2D eigenvalue weighted by molar-refractivity contribution is 9.10. The highest BCUT2D eigenvalue weighted by atomic mass is 79.9. The van der Waals surface area contributed by atoms with E-state index in [0.717, 1.165) is 39.7 Å². The molecule has 35 heavy (non-hydrogen) atoms. The normalized spacial score (nSPS) is 32.4. The van der Waals surface area contributed by atoms with E-state index in [2.05, 4.69) is 32.2 Å². The summed E-state index contributed by atoms with van der Waals surface area (Å²) >= 11 is 3.54. The Morgan fingerprint density at radius 3 is 2.60 bits per heavy atom. The molecule has 5 aliphatic rings.